The molecule has 3 rings (SSSR count). The second-order valence-electron chi connectivity index (χ2n) is 4.09. The lowest BCUT2D eigenvalue weighted by atomic mass is 10.0. The molecule has 0 saturated heterocycles. The number of fused-ring (bicyclic) bond motifs is 1. The van der Waals surface area contributed by atoms with E-state index in [0.717, 1.165) is 17.0 Å². The molecule has 0 saturated carbocycles. The Bertz CT molecular complexity index is 765. The molecular weight excluding hydrogens is 243 g/mol. The summed E-state index contributed by atoms with van der Waals surface area (Å²) >= 11 is 0. The van der Waals surface area contributed by atoms with Crippen LogP contribution in [0.4, 0.5) is 4.39 Å². The summed E-state index contributed by atoms with van der Waals surface area (Å²) in [6.07, 6.45) is 5.57. The highest BCUT2D eigenvalue weighted by atomic mass is 19.1. The third kappa shape index (κ3) is 1.97. The van der Waals surface area contributed by atoms with Gasteiger partial charge >= 0.3 is 0 Å². The van der Waals surface area contributed by atoms with E-state index in [1.54, 1.807) is 6.20 Å². The summed E-state index contributed by atoms with van der Waals surface area (Å²) in [6.45, 7) is 0. The molecule has 0 amide bonds. The van der Waals surface area contributed by atoms with Gasteiger partial charge in [0.1, 0.15) is 0 Å². The molecule has 0 aliphatic rings. The van der Waals surface area contributed by atoms with Crippen LogP contribution in [0.3, 0.4) is 0 Å². The predicted octanol–water partition coefficient (Wildman–Crippen LogP) is 3.00. The minimum absolute atomic E-state index is 0.00755. The lowest BCUT2D eigenvalue weighted by molar-refractivity contribution is 0.103. The average Bonchev–Trinajstić information content (AvgIpc) is 2.46. The van der Waals surface area contributed by atoms with Crippen molar-refractivity contribution in [2.75, 3.05) is 0 Å². The molecule has 19 heavy (non-hydrogen) atoms. The summed E-state index contributed by atoms with van der Waals surface area (Å²) < 4.78 is 13.6. The van der Waals surface area contributed by atoms with Crippen molar-refractivity contribution in [2.24, 2.45) is 0 Å². The maximum absolute atomic E-state index is 13.6. The number of ketones is 1. The van der Waals surface area contributed by atoms with Crippen molar-refractivity contribution in [1.29, 1.82) is 0 Å². The highest BCUT2D eigenvalue weighted by Crippen LogP contribution is 2.20. The van der Waals surface area contributed by atoms with E-state index in [4.69, 9.17) is 0 Å². The molecule has 0 aliphatic carbocycles. The van der Waals surface area contributed by atoms with Crippen LogP contribution < -0.4 is 0 Å². The minimum Gasteiger partial charge on any atom is -0.288 e. The number of aromatic nitrogens is 2. The average molecular weight is 252 g/mol. The summed E-state index contributed by atoms with van der Waals surface area (Å²) in [4.78, 5) is 20.0. The third-order valence-corrected chi connectivity index (χ3v) is 2.93. The van der Waals surface area contributed by atoms with Crippen LogP contribution in [0.15, 0.2) is 55.1 Å². The van der Waals surface area contributed by atoms with Crippen molar-refractivity contribution in [1.82, 2.24) is 9.97 Å². The second-order valence-corrected chi connectivity index (χ2v) is 4.09. The van der Waals surface area contributed by atoms with Gasteiger partial charge in [-0.2, -0.15) is 0 Å². The molecule has 0 N–H and O–H groups in total. The van der Waals surface area contributed by atoms with Crippen LogP contribution in [0.1, 0.15) is 15.9 Å². The van der Waals surface area contributed by atoms with Gasteiger partial charge < -0.3 is 0 Å². The molecule has 0 radical (unpaired) electrons. The Kier molecular flexibility index (Phi) is 2.76. The first-order valence-electron chi connectivity index (χ1n) is 5.74. The Balaban J connectivity index is 2.20. The molecule has 92 valence electrons. The highest BCUT2D eigenvalue weighted by Gasteiger charge is 2.16. The number of carbonyl (C=O) groups excluding carboxylic acids is 1. The first-order chi connectivity index (χ1) is 9.27. The van der Waals surface area contributed by atoms with E-state index in [-0.39, 0.29) is 11.3 Å². The number of pyridine rings is 2. The van der Waals surface area contributed by atoms with Crippen LogP contribution >= 0.6 is 0 Å². The lowest BCUT2D eigenvalue weighted by Crippen LogP contribution is -2.05. The number of benzene rings is 1. The molecule has 2 aromatic heterocycles. The molecule has 2 heterocycles. The second kappa shape index (κ2) is 4.57. The minimum atomic E-state index is -0.625. The molecule has 0 bridgehead atoms. The van der Waals surface area contributed by atoms with Gasteiger partial charge in [-0.1, -0.05) is 24.3 Å². The normalized spacial score (nSPS) is 10.6. The zero-order chi connectivity index (χ0) is 13.2. The largest absolute Gasteiger partial charge is 0.288 e. The van der Waals surface area contributed by atoms with E-state index >= 15 is 0 Å². The number of carbonyl (C=O) groups is 1. The summed E-state index contributed by atoms with van der Waals surface area (Å²) in [6, 6.07) is 8.76. The van der Waals surface area contributed by atoms with E-state index in [2.05, 4.69) is 9.97 Å². The van der Waals surface area contributed by atoms with E-state index in [1.165, 1.54) is 18.5 Å². The Labute approximate surface area is 108 Å². The van der Waals surface area contributed by atoms with Gasteiger partial charge in [-0.25, -0.2) is 4.39 Å². The number of rotatable bonds is 2. The maximum Gasteiger partial charge on any atom is 0.198 e. The molecule has 0 spiro atoms. The van der Waals surface area contributed by atoms with Crippen molar-refractivity contribution in [3.63, 3.8) is 0 Å². The molecule has 3 aromatic rings. The lowest BCUT2D eigenvalue weighted by Gasteiger charge is -2.05. The number of hydrogen-bond acceptors (Lipinski definition) is 3. The van der Waals surface area contributed by atoms with Crippen molar-refractivity contribution in [2.45, 2.75) is 0 Å². The fourth-order valence-corrected chi connectivity index (χ4v) is 2.00. The Morgan fingerprint density at radius 1 is 0.947 bits per heavy atom. The van der Waals surface area contributed by atoms with Gasteiger partial charge in [0.15, 0.2) is 11.6 Å². The first-order valence-corrected chi connectivity index (χ1v) is 5.74. The van der Waals surface area contributed by atoms with E-state index in [9.17, 15) is 9.18 Å². The number of halogens is 1. The topological polar surface area (TPSA) is 42.9 Å². The maximum atomic E-state index is 13.6. The van der Waals surface area contributed by atoms with Gasteiger partial charge in [0.05, 0.1) is 11.8 Å². The Morgan fingerprint density at radius 2 is 1.79 bits per heavy atom. The first kappa shape index (κ1) is 11.5. The third-order valence-electron chi connectivity index (χ3n) is 2.93. The van der Waals surface area contributed by atoms with Crippen LogP contribution in [-0.2, 0) is 0 Å². The molecule has 0 atom stereocenters. The molecule has 0 aliphatic heterocycles. The van der Waals surface area contributed by atoms with Crippen molar-refractivity contribution < 1.29 is 9.18 Å². The Hall–Kier alpha value is -2.62. The molecule has 0 fully saturated rings. The predicted molar refractivity (Wildman–Crippen MR) is 69.4 cm³/mol. The van der Waals surface area contributed by atoms with Crippen LogP contribution in [0.25, 0.3) is 10.8 Å². The van der Waals surface area contributed by atoms with Gasteiger partial charge in [0.2, 0.25) is 0 Å². The molecular formula is C15H9FN2O. The van der Waals surface area contributed by atoms with E-state index < -0.39 is 5.82 Å². The SMILES string of the molecule is O=C(c1ccncc1F)c1cncc2ccccc12. The fourth-order valence-electron chi connectivity index (χ4n) is 2.00. The zero-order valence-electron chi connectivity index (χ0n) is 9.88. The van der Waals surface area contributed by atoms with Gasteiger partial charge in [0.25, 0.3) is 0 Å². The fraction of sp³-hybridized carbons (Fsp3) is 0. The zero-order valence-corrected chi connectivity index (χ0v) is 9.88. The summed E-state index contributed by atoms with van der Waals surface area (Å²) in [5.74, 6) is -1.01. The van der Waals surface area contributed by atoms with Crippen LogP contribution in [-0.4, -0.2) is 15.8 Å². The molecule has 3 nitrogen and oxygen atoms in total. The van der Waals surface area contributed by atoms with Gasteiger partial charge in [-0.15, -0.1) is 0 Å². The van der Waals surface area contributed by atoms with Gasteiger partial charge in [-0.05, 0) is 11.5 Å². The van der Waals surface area contributed by atoms with Gasteiger partial charge in [-0.3, -0.25) is 14.8 Å². The number of nitrogens with zero attached hydrogens (tertiary/aromatic N) is 2. The molecule has 4 heteroatoms. The molecule has 0 unspecified atom stereocenters. The van der Waals surface area contributed by atoms with Crippen LogP contribution in [0.2, 0.25) is 0 Å². The summed E-state index contributed by atoms with van der Waals surface area (Å²) in [7, 11) is 0. The van der Waals surface area contributed by atoms with Gasteiger partial charge in [0, 0.05) is 29.5 Å². The van der Waals surface area contributed by atoms with Crippen molar-refractivity contribution in [3.05, 3.63) is 72.1 Å². The Morgan fingerprint density at radius 3 is 2.63 bits per heavy atom. The molecule has 1 aromatic carbocycles. The van der Waals surface area contributed by atoms with E-state index in [1.807, 2.05) is 24.3 Å². The van der Waals surface area contributed by atoms with E-state index in [0.29, 0.717) is 5.56 Å². The van der Waals surface area contributed by atoms with Crippen LogP contribution in [0, 0.1) is 5.82 Å². The van der Waals surface area contributed by atoms with Crippen LogP contribution in [0.5, 0.6) is 0 Å². The number of hydrogen-bond donors (Lipinski definition) is 0. The monoisotopic (exact) mass is 252 g/mol. The highest BCUT2D eigenvalue weighted by molar-refractivity contribution is 6.16. The quantitative estimate of drug-likeness (QED) is 0.658. The van der Waals surface area contributed by atoms with Crippen molar-refractivity contribution >= 4 is 16.6 Å². The summed E-state index contributed by atoms with van der Waals surface area (Å²) in [5, 5.41) is 1.61. The summed E-state index contributed by atoms with van der Waals surface area (Å²) in [5.41, 5.74) is 0.399. The van der Waals surface area contributed by atoms with Crippen molar-refractivity contribution in [3.8, 4) is 0 Å². The standard InChI is InChI=1S/C15H9FN2O/c16-14-9-17-6-5-12(14)15(19)13-8-18-7-10-3-1-2-4-11(10)13/h1-9H. The smallest absolute Gasteiger partial charge is 0.198 e.